The molecule has 2 aromatic rings. The molecular formula is C18H23NO2. The Balaban J connectivity index is 1.94. The van der Waals surface area contributed by atoms with E-state index < -0.39 is 0 Å². The van der Waals surface area contributed by atoms with Crippen LogP contribution in [0.2, 0.25) is 0 Å². The maximum absolute atomic E-state index is 6.18. The first-order chi connectivity index (χ1) is 10.2. The van der Waals surface area contributed by atoms with Crippen molar-refractivity contribution in [1.29, 1.82) is 0 Å². The van der Waals surface area contributed by atoms with E-state index in [1.807, 2.05) is 0 Å². The fourth-order valence-electron chi connectivity index (χ4n) is 2.70. The van der Waals surface area contributed by atoms with E-state index in [0.29, 0.717) is 12.6 Å². The molecule has 3 rings (SSSR count). The quantitative estimate of drug-likeness (QED) is 0.912. The summed E-state index contributed by atoms with van der Waals surface area (Å²) in [6.45, 7) is 6.65. The molecule has 1 atom stereocenters. The van der Waals surface area contributed by atoms with Gasteiger partial charge in [0.15, 0.2) is 0 Å². The van der Waals surface area contributed by atoms with Crippen molar-refractivity contribution in [1.82, 2.24) is 5.32 Å². The van der Waals surface area contributed by atoms with Crippen LogP contribution in [-0.2, 0) is 11.3 Å². The zero-order valence-electron chi connectivity index (χ0n) is 12.8. The number of nitrogens with one attached hydrogen (secondary N) is 1. The van der Waals surface area contributed by atoms with Gasteiger partial charge in [-0.2, -0.15) is 0 Å². The zero-order valence-corrected chi connectivity index (χ0v) is 12.8. The van der Waals surface area contributed by atoms with Gasteiger partial charge in [0.25, 0.3) is 0 Å². The summed E-state index contributed by atoms with van der Waals surface area (Å²) in [6.07, 6.45) is 1.16. The van der Waals surface area contributed by atoms with Crippen LogP contribution >= 0.6 is 0 Å². The lowest BCUT2D eigenvalue weighted by atomic mass is 10.0. The summed E-state index contributed by atoms with van der Waals surface area (Å²) < 4.78 is 11.6. The molecule has 3 nitrogen and oxygen atoms in total. The van der Waals surface area contributed by atoms with E-state index in [4.69, 9.17) is 9.47 Å². The van der Waals surface area contributed by atoms with Gasteiger partial charge in [0.1, 0.15) is 11.9 Å². The molecule has 0 aliphatic carbocycles. The van der Waals surface area contributed by atoms with E-state index in [1.165, 1.54) is 16.3 Å². The van der Waals surface area contributed by atoms with Crippen LogP contribution in [0.25, 0.3) is 10.8 Å². The topological polar surface area (TPSA) is 30.5 Å². The van der Waals surface area contributed by atoms with Crippen molar-refractivity contribution in [3.63, 3.8) is 0 Å². The van der Waals surface area contributed by atoms with Gasteiger partial charge in [-0.1, -0.05) is 44.2 Å². The summed E-state index contributed by atoms with van der Waals surface area (Å²) in [5, 5.41) is 6.03. The van der Waals surface area contributed by atoms with Gasteiger partial charge in [-0.25, -0.2) is 0 Å². The highest BCUT2D eigenvalue weighted by Gasteiger charge is 2.19. The van der Waals surface area contributed by atoms with E-state index in [2.05, 4.69) is 55.6 Å². The highest BCUT2D eigenvalue weighted by atomic mass is 16.5. The molecule has 1 aliphatic heterocycles. The zero-order chi connectivity index (χ0) is 14.7. The summed E-state index contributed by atoms with van der Waals surface area (Å²) in [7, 11) is 0. The average Bonchev–Trinajstić information content (AvgIpc) is 2.98. The average molecular weight is 285 g/mol. The normalized spacial score (nSPS) is 18.5. The molecule has 3 heteroatoms. The van der Waals surface area contributed by atoms with Gasteiger partial charge in [-0.3, -0.25) is 0 Å². The summed E-state index contributed by atoms with van der Waals surface area (Å²) in [4.78, 5) is 0. The van der Waals surface area contributed by atoms with Crippen LogP contribution in [0.1, 0.15) is 25.8 Å². The van der Waals surface area contributed by atoms with E-state index in [9.17, 15) is 0 Å². The van der Waals surface area contributed by atoms with Crippen molar-refractivity contribution in [2.75, 3.05) is 13.2 Å². The molecule has 1 fully saturated rings. The molecule has 1 aliphatic rings. The molecule has 1 unspecified atom stereocenters. The smallest absolute Gasteiger partial charge is 0.124 e. The minimum Gasteiger partial charge on any atom is -0.488 e. The van der Waals surface area contributed by atoms with E-state index in [-0.39, 0.29) is 6.10 Å². The minimum atomic E-state index is 0.184. The first-order valence-electron chi connectivity index (χ1n) is 7.72. The Kier molecular flexibility index (Phi) is 4.42. The minimum absolute atomic E-state index is 0.184. The van der Waals surface area contributed by atoms with Crippen LogP contribution in [0, 0.1) is 0 Å². The first-order valence-corrected chi connectivity index (χ1v) is 7.72. The van der Waals surface area contributed by atoms with Gasteiger partial charge in [-0.15, -0.1) is 0 Å². The lowest BCUT2D eigenvalue weighted by molar-refractivity contribution is 0.140. The molecular weight excluding hydrogens is 262 g/mol. The molecule has 112 valence electrons. The number of benzene rings is 2. The van der Waals surface area contributed by atoms with Crippen LogP contribution in [0.5, 0.6) is 5.75 Å². The highest BCUT2D eigenvalue weighted by Crippen LogP contribution is 2.30. The van der Waals surface area contributed by atoms with Crippen molar-refractivity contribution < 1.29 is 9.47 Å². The molecule has 2 aromatic carbocycles. The molecule has 0 saturated carbocycles. The van der Waals surface area contributed by atoms with Crippen molar-refractivity contribution >= 4 is 10.8 Å². The molecule has 1 saturated heterocycles. The van der Waals surface area contributed by atoms with Gasteiger partial charge in [0.05, 0.1) is 13.2 Å². The molecule has 21 heavy (non-hydrogen) atoms. The highest BCUT2D eigenvalue weighted by molar-refractivity contribution is 5.87. The molecule has 0 amide bonds. The van der Waals surface area contributed by atoms with E-state index in [0.717, 1.165) is 25.3 Å². The maximum atomic E-state index is 6.18. The fraction of sp³-hybridized carbons (Fsp3) is 0.444. The molecule has 1 heterocycles. The van der Waals surface area contributed by atoms with Crippen LogP contribution in [0.15, 0.2) is 36.4 Å². The van der Waals surface area contributed by atoms with Crippen molar-refractivity contribution in [2.45, 2.75) is 39.0 Å². The molecule has 0 radical (unpaired) electrons. The summed E-state index contributed by atoms with van der Waals surface area (Å²) in [5.41, 5.74) is 1.24. The lowest BCUT2D eigenvalue weighted by Crippen LogP contribution is -2.23. The van der Waals surface area contributed by atoms with Gasteiger partial charge in [0, 0.05) is 24.6 Å². The second-order valence-corrected chi connectivity index (χ2v) is 5.90. The predicted octanol–water partition coefficient (Wildman–Crippen LogP) is 3.51. The monoisotopic (exact) mass is 285 g/mol. The third-order valence-corrected chi connectivity index (χ3v) is 3.87. The molecule has 0 bridgehead atoms. The summed E-state index contributed by atoms with van der Waals surface area (Å²) in [6, 6.07) is 13.2. The number of fused-ring (bicyclic) bond motifs is 1. The Bertz CT molecular complexity index is 603. The van der Waals surface area contributed by atoms with Crippen molar-refractivity contribution in [3.05, 3.63) is 42.0 Å². The van der Waals surface area contributed by atoms with Crippen LogP contribution in [0.3, 0.4) is 0 Å². The Morgan fingerprint density at radius 2 is 2.10 bits per heavy atom. The van der Waals surface area contributed by atoms with Crippen molar-refractivity contribution in [2.24, 2.45) is 0 Å². The maximum Gasteiger partial charge on any atom is 0.124 e. The number of rotatable bonds is 5. The largest absolute Gasteiger partial charge is 0.488 e. The second-order valence-electron chi connectivity index (χ2n) is 5.90. The Labute approximate surface area is 126 Å². The van der Waals surface area contributed by atoms with Gasteiger partial charge in [-0.05, 0) is 16.8 Å². The third kappa shape index (κ3) is 3.36. The second kappa shape index (κ2) is 6.46. The Morgan fingerprint density at radius 1 is 1.24 bits per heavy atom. The van der Waals surface area contributed by atoms with Gasteiger partial charge >= 0.3 is 0 Å². The van der Waals surface area contributed by atoms with Gasteiger partial charge in [0.2, 0.25) is 0 Å². The van der Waals surface area contributed by atoms with Crippen molar-refractivity contribution in [3.8, 4) is 5.75 Å². The standard InChI is InChI=1S/C18H23NO2/c1-13(2)19-11-17-16-6-4-3-5-14(16)7-8-18(17)21-15-9-10-20-12-15/h3-8,13,15,19H,9-12H2,1-2H3. The van der Waals surface area contributed by atoms with Crippen LogP contribution in [-0.4, -0.2) is 25.4 Å². The molecule has 0 aromatic heterocycles. The number of hydrogen-bond donors (Lipinski definition) is 1. The van der Waals surface area contributed by atoms with E-state index in [1.54, 1.807) is 0 Å². The number of hydrogen-bond acceptors (Lipinski definition) is 3. The SMILES string of the molecule is CC(C)NCc1c(OC2CCOC2)ccc2ccccc12. The summed E-state index contributed by atoms with van der Waals surface area (Å²) >= 11 is 0. The first kappa shape index (κ1) is 14.4. The Hall–Kier alpha value is -1.58. The lowest BCUT2D eigenvalue weighted by Gasteiger charge is -2.19. The fourth-order valence-corrected chi connectivity index (χ4v) is 2.70. The van der Waals surface area contributed by atoms with Crippen LogP contribution < -0.4 is 10.1 Å². The van der Waals surface area contributed by atoms with E-state index >= 15 is 0 Å². The molecule has 1 N–H and O–H groups in total. The Morgan fingerprint density at radius 3 is 2.86 bits per heavy atom. The summed E-state index contributed by atoms with van der Waals surface area (Å²) in [5.74, 6) is 0.984. The number of ether oxygens (including phenoxy) is 2. The third-order valence-electron chi connectivity index (χ3n) is 3.87. The van der Waals surface area contributed by atoms with Crippen LogP contribution in [0.4, 0.5) is 0 Å². The van der Waals surface area contributed by atoms with Gasteiger partial charge < -0.3 is 14.8 Å². The molecule has 0 spiro atoms. The predicted molar refractivity (Wildman–Crippen MR) is 85.8 cm³/mol.